The van der Waals surface area contributed by atoms with E-state index in [4.69, 9.17) is 9.47 Å². The normalized spacial score (nSPS) is 12.5. The summed E-state index contributed by atoms with van der Waals surface area (Å²) in [5.41, 5.74) is 0.662. The number of ether oxygens (including phenoxy) is 2. The number of nitrogens with one attached hydrogen (secondary N) is 1. The summed E-state index contributed by atoms with van der Waals surface area (Å²) in [5.74, 6) is -0.577. The van der Waals surface area contributed by atoms with Crippen molar-refractivity contribution in [2.45, 2.75) is 51.7 Å². The van der Waals surface area contributed by atoms with Crippen LogP contribution in [0, 0.1) is 0 Å². The van der Waals surface area contributed by atoms with Gasteiger partial charge in [-0.25, -0.2) is 4.79 Å². The molecule has 0 heterocycles. The smallest absolute Gasteiger partial charge is 0.326 e. The highest BCUT2D eigenvalue weighted by Crippen LogP contribution is 2.13. The van der Waals surface area contributed by atoms with Gasteiger partial charge < -0.3 is 19.9 Å². The molecule has 0 aliphatic carbocycles. The van der Waals surface area contributed by atoms with E-state index >= 15 is 0 Å². The standard InChI is InChI=1S/C18H27NO5/c1-18(2,3)24-12-11-15(17(21)22)19-16(20)10-7-13-5-8-14(23-4)9-6-13/h5-6,8-9,15H,7,10-12H2,1-4H3,(H,19,20)(H,21,22). The number of carboxylic acid groups (broad SMARTS) is 1. The van der Waals surface area contributed by atoms with Gasteiger partial charge in [-0.1, -0.05) is 12.1 Å². The number of carbonyl (C=O) groups excluding carboxylic acids is 1. The van der Waals surface area contributed by atoms with Crippen molar-refractivity contribution in [3.8, 4) is 5.75 Å². The first-order chi connectivity index (χ1) is 11.2. The third kappa shape index (κ3) is 7.97. The molecule has 1 aromatic rings. The highest BCUT2D eigenvalue weighted by molar-refractivity contribution is 5.83. The summed E-state index contributed by atoms with van der Waals surface area (Å²) in [5, 5.41) is 11.8. The van der Waals surface area contributed by atoms with Gasteiger partial charge in [-0.15, -0.1) is 0 Å². The largest absolute Gasteiger partial charge is 0.497 e. The second-order valence-electron chi connectivity index (χ2n) is 6.56. The molecule has 0 aromatic heterocycles. The fraction of sp³-hybridized carbons (Fsp3) is 0.556. The molecule has 0 spiro atoms. The van der Waals surface area contributed by atoms with Crippen LogP contribution in [-0.2, 0) is 20.7 Å². The number of hydrogen-bond acceptors (Lipinski definition) is 4. The van der Waals surface area contributed by atoms with Crippen LogP contribution >= 0.6 is 0 Å². The highest BCUT2D eigenvalue weighted by Gasteiger charge is 2.21. The number of methoxy groups -OCH3 is 1. The van der Waals surface area contributed by atoms with Crippen molar-refractivity contribution in [2.75, 3.05) is 13.7 Å². The van der Waals surface area contributed by atoms with Crippen LogP contribution in [0.15, 0.2) is 24.3 Å². The predicted molar refractivity (Wildman–Crippen MR) is 91.2 cm³/mol. The number of carbonyl (C=O) groups is 2. The van der Waals surface area contributed by atoms with Gasteiger partial charge in [-0.2, -0.15) is 0 Å². The topological polar surface area (TPSA) is 84.9 Å². The maximum Gasteiger partial charge on any atom is 0.326 e. The lowest BCUT2D eigenvalue weighted by molar-refractivity contribution is -0.142. The lowest BCUT2D eigenvalue weighted by Gasteiger charge is -2.21. The van der Waals surface area contributed by atoms with Crippen molar-refractivity contribution in [2.24, 2.45) is 0 Å². The molecule has 6 nitrogen and oxygen atoms in total. The first-order valence-electron chi connectivity index (χ1n) is 8.00. The Kier molecular flexibility index (Phi) is 7.71. The van der Waals surface area contributed by atoms with Gasteiger partial charge in [0.2, 0.25) is 5.91 Å². The number of aryl methyl sites for hydroxylation is 1. The van der Waals surface area contributed by atoms with E-state index < -0.39 is 12.0 Å². The van der Waals surface area contributed by atoms with E-state index in [9.17, 15) is 14.7 Å². The van der Waals surface area contributed by atoms with Gasteiger partial charge in [-0.3, -0.25) is 4.79 Å². The third-order valence-corrected chi connectivity index (χ3v) is 3.37. The predicted octanol–water partition coefficient (Wildman–Crippen LogP) is 2.40. The fourth-order valence-electron chi connectivity index (χ4n) is 2.06. The summed E-state index contributed by atoms with van der Waals surface area (Å²) < 4.78 is 10.6. The van der Waals surface area contributed by atoms with E-state index in [0.29, 0.717) is 6.42 Å². The molecule has 0 saturated heterocycles. The quantitative estimate of drug-likeness (QED) is 0.723. The maximum atomic E-state index is 12.0. The fourth-order valence-corrected chi connectivity index (χ4v) is 2.06. The van der Waals surface area contributed by atoms with Crippen molar-refractivity contribution < 1.29 is 24.2 Å². The minimum absolute atomic E-state index is 0.232. The van der Waals surface area contributed by atoms with Gasteiger partial charge >= 0.3 is 5.97 Å². The Balaban J connectivity index is 2.42. The summed E-state index contributed by atoms with van der Waals surface area (Å²) in [6.45, 7) is 5.97. The van der Waals surface area contributed by atoms with Crippen LogP contribution < -0.4 is 10.1 Å². The van der Waals surface area contributed by atoms with E-state index in [2.05, 4.69) is 5.32 Å². The molecule has 0 radical (unpaired) electrons. The van der Waals surface area contributed by atoms with E-state index in [0.717, 1.165) is 11.3 Å². The first-order valence-corrected chi connectivity index (χ1v) is 8.00. The first kappa shape index (κ1) is 20.0. The molecule has 1 rings (SSSR count). The molecule has 1 aromatic carbocycles. The Labute approximate surface area is 143 Å². The molecule has 1 atom stereocenters. The molecule has 1 unspecified atom stereocenters. The molecule has 24 heavy (non-hydrogen) atoms. The summed E-state index contributed by atoms with van der Waals surface area (Å²) in [4.78, 5) is 23.2. The van der Waals surface area contributed by atoms with Gasteiger partial charge in [0.25, 0.3) is 0 Å². The minimum atomic E-state index is -1.05. The van der Waals surface area contributed by atoms with E-state index in [-0.39, 0.29) is 31.0 Å². The molecule has 0 aliphatic rings. The summed E-state index contributed by atoms with van der Waals surface area (Å²) in [7, 11) is 1.60. The monoisotopic (exact) mass is 337 g/mol. The van der Waals surface area contributed by atoms with Crippen molar-refractivity contribution >= 4 is 11.9 Å². The number of benzene rings is 1. The zero-order chi connectivity index (χ0) is 18.2. The number of amides is 1. The van der Waals surface area contributed by atoms with Gasteiger partial charge in [0.1, 0.15) is 11.8 Å². The van der Waals surface area contributed by atoms with Crippen LogP contribution in [0.1, 0.15) is 39.2 Å². The van der Waals surface area contributed by atoms with E-state index in [1.54, 1.807) is 7.11 Å². The third-order valence-electron chi connectivity index (χ3n) is 3.37. The number of aliphatic carboxylic acids is 1. The van der Waals surface area contributed by atoms with Crippen LogP contribution in [0.25, 0.3) is 0 Å². The van der Waals surface area contributed by atoms with Crippen LogP contribution in [0.2, 0.25) is 0 Å². The Hall–Kier alpha value is -2.08. The van der Waals surface area contributed by atoms with Gasteiger partial charge in [0.15, 0.2) is 0 Å². The van der Waals surface area contributed by atoms with Gasteiger partial charge in [0.05, 0.1) is 12.7 Å². The maximum absolute atomic E-state index is 12.0. The second-order valence-corrected chi connectivity index (χ2v) is 6.56. The summed E-state index contributed by atoms with van der Waals surface area (Å²) in [6.07, 6.45) is 1.01. The number of carboxylic acids is 1. The number of rotatable bonds is 9. The second kappa shape index (κ2) is 9.27. The van der Waals surface area contributed by atoms with Crippen molar-refractivity contribution in [3.05, 3.63) is 29.8 Å². The molecular formula is C18H27NO5. The Morgan fingerprint density at radius 3 is 2.33 bits per heavy atom. The molecule has 0 fully saturated rings. The molecule has 134 valence electrons. The van der Waals surface area contributed by atoms with Crippen LogP contribution in [0.5, 0.6) is 5.75 Å². The van der Waals surface area contributed by atoms with E-state index in [1.807, 2.05) is 45.0 Å². The zero-order valence-corrected chi connectivity index (χ0v) is 14.8. The molecule has 0 bridgehead atoms. The highest BCUT2D eigenvalue weighted by atomic mass is 16.5. The Morgan fingerprint density at radius 1 is 1.21 bits per heavy atom. The molecule has 1 amide bonds. The van der Waals surface area contributed by atoms with Gasteiger partial charge in [-0.05, 0) is 44.9 Å². The van der Waals surface area contributed by atoms with Crippen LogP contribution in [0.4, 0.5) is 0 Å². The summed E-state index contributed by atoms with van der Waals surface area (Å²) >= 11 is 0. The Bertz CT molecular complexity index is 533. The minimum Gasteiger partial charge on any atom is -0.497 e. The van der Waals surface area contributed by atoms with Crippen LogP contribution in [-0.4, -0.2) is 42.3 Å². The van der Waals surface area contributed by atoms with Gasteiger partial charge in [0, 0.05) is 19.4 Å². The average molecular weight is 337 g/mol. The van der Waals surface area contributed by atoms with E-state index in [1.165, 1.54) is 0 Å². The molecular weight excluding hydrogens is 310 g/mol. The van der Waals surface area contributed by atoms with Crippen molar-refractivity contribution in [1.82, 2.24) is 5.32 Å². The summed E-state index contributed by atoms with van der Waals surface area (Å²) in [6, 6.07) is 6.50. The zero-order valence-electron chi connectivity index (χ0n) is 14.8. The average Bonchev–Trinajstić information content (AvgIpc) is 2.51. The lowest BCUT2D eigenvalue weighted by Crippen LogP contribution is -2.42. The van der Waals surface area contributed by atoms with Crippen LogP contribution in [0.3, 0.4) is 0 Å². The molecule has 6 heteroatoms. The number of hydrogen-bond donors (Lipinski definition) is 2. The lowest BCUT2D eigenvalue weighted by atomic mass is 10.1. The SMILES string of the molecule is COc1ccc(CCC(=O)NC(CCOC(C)(C)C)C(=O)O)cc1. The molecule has 0 aliphatic heterocycles. The Morgan fingerprint density at radius 2 is 1.83 bits per heavy atom. The van der Waals surface area contributed by atoms with Crippen molar-refractivity contribution in [3.63, 3.8) is 0 Å². The van der Waals surface area contributed by atoms with Crippen molar-refractivity contribution in [1.29, 1.82) is 0 Å². The molecule has 2 N–H and O–H groups in total. The molecule has 0 saturated carbocycles.